The van der Waals surface area contributed by atoms with Crippen molar-refractivity contribution in [3.05, 3.63) is 24.1 Å². The number of carbonyl (C=O) groups excluding carboxylic acids is 1. The first kappa shape index (κ1) is 13.7. The van der Waals surface area contributed by atoms with Crippen LogP contribution in [0.2, 0.25) is 0 Å². The SMILES string of the molecule is C[C@H](O)C[C@@H]1CCCN1C(=O)Nc1ccc(F)cn1. The van der Waals surface area contributed by atoms with Gasteiger partial charge in [-0.05, 0) is 38.3 Å². The molecule has 2 rings (SSSR count). The van der Waals surface area contributed by atoms with Crippen LogP contribution in [-0.4, -0.2) is 39.7 Å². The Morgan fingerprint density at radius 1 is 1.68 bits per heavy atom. The Bertz CT molecular complexity index is 436. The van der Waals surface area contributed by atoms with Crippen molar-refractivity contribution in [3.63, 3.8) is 0 Å². The van der Waals surface area contributed by atoms with Crippen LogP contribution in [0.3, 0.4) is 0 Å². The van der Waals surface area contributed by atoms with Crippen molar-refractivity contribution in [1.29, 1.82) is 0 Å². The largest absolute Gasteiger partial charge is 0.393 e. The highest BCUT2D eigenvalue weighted by Crippen LogP contribution is 2.22. The number of hydrogen-bond donors (Lipinski definition) is 2. The van der Waals surface area contributed by atoms with E-state index in [4.69, 9.17) is 0 Å². The molecule has 0 aliphatic carbocycles. The minimum Gasteiger partial charge on any atom is -0.393 e. The fraction of sp³-hybridized carbons (Fsp3) is 0.538. The van der Waals surface area contributed by atoms with Gasteiger partial charge in [0.25, 0.3) is 0 Å². The maximum Gasteiger partial charge on any atom is 0.323 e. The Morgan fingerprint density at radius 3 is 3.11 bits per heavy atom. The van der Waals surface area contributed by atoms with Gasteiger partial charge in [-0.25, -0.2) is 14.2 Å². The number of carbonyl (C=O) groups is 1. The number of nitrogens with zero attached hydrogens (tertiary/aromatic N) is 2. The second-order valence-corrected chi connectivity index (χ2v) is 4.87. The van der Waals surface area contributed by atoms with Crippen LogP contribution in [0.25, 0.3) is 0 Å². The molecule has 2 N–H and O–H groups in total. The lowest BCUT2D eigenvalue weighted by atomic mass is 10.1. The summed E-state index contributed by atoms with van der Waals surface area (Å²) in [6, 6.07) is 2.48. The summed E-state index contributed by atoms with van der Waals surface area (Å²) in [4.78, 5) is 17.6. The first-order valence-corrected chi connectivity index (χ1v) is 6.43. The molecule has 2 heterocycles. The molecular formula is C13H18FN3O2. The second-order valence-electron chi connectivity index (χ2n) is 4.87. The number of rotatable bonds is 3. The first-order valence-electron chi connectivity index (χ1n) is 6.43. The maximum atomic E-state index is 12.7. The minimum atomic E-state index is -0.439. The van der Waals surface area contributed by atoms with Crippen LogP contribution in [0.5, 0.6) is 0 Å². The number of halogens is 1. The van der Waals surface area contributed by atoms with Crippen LogP contribution in [0, 0.1) is 5.82 Å². The number of likely N-dealkylation sites (tertiary alicyclic amines) is 1. The Labute approximate surface area is 111 Å². The van der Waals surface area contributed by atoms with Gasteiger partial charge in [0.15, 0.2) is 0 Å². The van der Waals surface area contributed by atoms with Gasteiger partial charge in [-0.1, -0.05) is 0 Å². The number of aliphatic hydroxyl groups is 1. The summed E-state index contributed by atoms with van der Waals surface area (Å²) in [6.45, 7) is 2.39. The zero-order valence-electron chi connectivity index (χ0n) is 10.8. The third-order valence-corrected chi connectivity index (χ3v) is 3.21. The molecule has 2 amide bonds. The number of nitrogens with one attached hydrogen (secondary N) is 1. The predicted molar refractivity (Wildman–Crippen MR) is 69.2 cm³/mol. The Kier molecular flexibility index (Phi) is 4.31. The molecule has 19 heavy (non-hydrogen) atoms. The van der Waals surface area contributed by atoms with E-state index < -0.39 is 11.9 Å². The maximum absolute atomic E-state index is 12.7. The van der Waals surface area contributed by atoms with Gasteiger partial charge in [-0.15, -0.1) is 0 Å². The van der Waals surface area contributed by atoms with E-state index in [-0.39, 0.29) is 12.1 Å². The van der Waals surface area contributed by atoms with Gasteiger partial charge in [-0.3, -0.25) is 5.32 Å². The summed E-state index contributed by atoms with van der Waals surface area (Å²) in [7, 11) is 0. The lowest BCUT2D eigenvalue weighted by Gasteiger charge is -2.25. The van der Waals surface area contributed by atoms with Gasteiger partial charge in [0, 0.05) is 12.6 Å². The second kappa shape index (κ2) is 5.97. The average molecular weight is 267 g/mol. The van der Waals surface area contributed by atoms with Crippen molar-refractivity contribution < 1.29 is 14.3 Å². The molecule has 104 valence electrons. The van der Waals surface area contributed by atoms with E-state index in [0.717, 1.165) is 19.0 Å². The molecule has 0 radical (unpaired) electrons. The molecule has 1 aliphatic rings. The highest BCUT2D eigenvalue weighted by atomic mass is 19.1. The average Bonchev–Trinajstić information content (AvgIpc) is 2.79. The van der Waals surface area contributed by atoms with Gasteiger partial charge < -0.3 is 10.0 Å². The zero-order chi connectivity index (χ0) is 13.8. The van der Waals surface area contributed by atoms with Crippen molar-refractivity contribution in [2.75, 3.05) is 11.9 Å². The molecule has 0 aromatic carbocycles. The molecule has 0 bridgehead atoms. The number of amides is 2. The highest BCUT2D eigenvalue weighted by molar-refractivity contribution is 5.88. The van der Waals surface area contributed by atoms with Gasteiger partial charge in [-0.2, -0.15) is 0 Å². The number of urea groups is 1. The lowest BCUT2D eigenvalue weighted by molar-refractivity contribution is 0.142. The van der Waals surface area contributed by atoms with E-state index in [9.17, 15) is 14.3 Å². The number of hydrogen-bond acceptors (Lipinski definition) is 3. The molecule has 1 saturated heterocycles. The molecule has 0 spiro atoms. The van der Waals surface area contributed by atoms with E-state index in [1.807, 2.05) is 0 Å². The minimum absolute atomic E-state index is 0.0560. The number of aliphatic hydroxyl groups excluding tert-OH is 1. The van der Waals surface area contributed by atoms with Crippen LogP contribution in [-0.2, 0) is 0 Å². The first-order chi connectivity index (χ1) is 9.06. The third-order valence-electron chi connectivity index (χ3n) is 3.21. The standard InChI is InChI=1S/C13H18FN3O2/c1-9(18)7-11-3-2-6-17(11)13(19)16-12-5-4-10(14)8-15-12/h4-5,8-9,11,18H,2-3,6-7H2,1H3,(H,15,16,19)/t9-,11-/m0/s1. The molecule has 0 unspecified atom stereocenters. The normalized spacial score (nSPS) is 20.4. The quantitative estimate of drug-likeness (QED) is 0.880. The smallest absolute Gasteiger partial charge is 0.323 e. The number of aromatic nitrogens is 1. The van der Waals surface area contributed by atoms with Crippen molar-refractivity contribution >= 4 is 11.8 Å². The monoisotopic (exact) mass is 267 g/mol. The van der Waals surface area contributed by atoms with E-state index in [1.54, 1.807) is 11.8 Å². The Balaban J connectivity index is 1.97. The molecule has 6 heteroatoms. The third kappa shape index (κ3) is 3.64. The summed E-state index contributed by atoms with van der Waals surface area (Å²) in [6.07, 6.45) is 3.04. The zero-order valence-corrected chi connectivity index (χ0v) is 10.8. The van der Waals surface area contributed by atoms with Crippen molar-refractivity contribution in [3.8, 4) is 0 Å². The summed E-state index contributed by atoms with van der Waals surface area (Å²) in [5.74, 6) is -0.111. The summed E-state index contributed by atoms with van der Waals surface area (Å²) >= 11 is 0. The van der Waals surface area contributed by atoms with Crippen LogP contribution in [0.15, 0.2) is 18.3 Å². The summed E-state index contributed by atoms with van der Waals surface area (Å²) in [5.41, 5.74) is 0. The Hall–Kier alpha value is -1.69. The molecule has 5 nitrogen and oxygen atoms in total. The van der Waals surface area contributed by atoms with E-state index >= 15 is 0 Å². The molecule has 1 fully saturated rings. The van der Waals surface area contributed by atoms with Crippen molar-refractivity contribution in [2.24, 2.45) is 0 Å². The van der Waals surface area contributed by atoms with Crippen molar-refractivity contribution in [1.82, 2.24) is 9.88 Å². The predicted octanol–water partition coefficient (Wildman–Crippen LogP) is 1.99. The van der Waals surface area contributed by atoms with Gasteiger partial charge in [0.2, 0.25) is 0 Å². The highest BCUT2D eigenvalue weighted by Gasteiger charge is 2.29. The molecule has 1 aliphatic heterocycles. The molecular weight excluding hydrogens is 249 g/mol. The van der Waals surface area contributed by atoms with Gasteiger partial charge in [0.1, 0.15) is 11.6 Å². The molecule has 1 aromatic heterocycles. The molecule has 2 atom stereocenters. The van der Waals surface area contributed by atoms with E-state index in [2.05, 4.69) is 10.3 Å². The number of anilines is 1. The number of pyridine rings is 1. The lowest BCUT2D eigenvalue weighted by Crippen LogP contribution is -2.40. The van der Waals surface area contributed by atoms with E-state index in [0.29, 0.717) is 18.8 Å². The topological polar surface area (TPSA) is 65.5 Å². The van der Waals surface area contributed by atoms with E-state index in [1.165, 1.54) is 12.1 Å². The van der Waals surface area contributed by atoms with Gasteiger partial charge >= 0.3 is 6.03 Å². The molecule has 0 saturated carbocycles. The van der Waals surface area contributed by atoms with Crippen LogP contribution >= 0.6 is 0 Å². The van der Waals surface area contributed by atoms with Crippen LogP contribution < -0.4 is 5.32 Å². The molecule has 1 aromatic rings. The van der Waals surface area contributed by atoms with Crippen molar-refractivity contribution in [2.45, 2.75) is 38.3 Å². The van der Waals surface area contributed by atoms with Crippen LogP contribution in [0.4, 0.5) is 15.0 Å². The fourth-order valence-corrected chi connectivity index (χ4v) is 2.37. The van der Waals surface area contributed by atoms with Gasteiger partial charge in [0.05, 0.1) is 12.3 Å². The van der Waals surface area contributed by atoms with Crippen LogP contribution in [0.1, 0.15) is 26.2 Å². The summed E-state index contributed by atoms with van der Waals surface area (Å²) in [5, 5.41) is 12.1. The fourth-order valence-electron chi connectivity index (χ4n) is 2.37. The Morgan fingerprint density at radius 2 is 2.47 bits per heavy atom. The summed E-state index contributed by atoms with van der Waals surface area (Å²) < 4.78 is 12.7.